The van der Waals surface area contributed by atoms with Crippen LogP contribution in [-0.4, -0.2) is 49.8 Å². The summed E-state index contributed by atoms with van der Waals surface area (Å²) in [6.45, 7) is 0. The lowest BCUT2D eigenvalue weighted by atomic mass is 9.95. The highest BCUT2D eigenvalue weighted by Crippen LogP contribution is 2.37. The summed E-state index contributed by atoms with van der Waals surface area (Å²) in [7, 11) is -0.0708. The van der Waals surface area contributed by atoms with Crippen molar-refractivity contribution in [3.05, 3.63) is 34.1 Å². The Kier molecular flexibility index (Phi) is 5.67. The summed E-state index contributed by atoms with van der Waals surface area (Å²) in [5.74, 6) is 0.691. The van der Waals surface area contributed by atoms with E-state index in [0.717, 1.165) is 36.9 Å². The van der Waals surface area contributed by atoms with Crippen LogP contribution < -0.4 is 14.8 Å². The van der Waals surface area contributed by atoms with Gasteiger partial charge in [0.25, 0.3) is 5.91 Å². The van der Waals surface area contributed by atoms with Gasteiger partial charge in [0.15, 0.2) is 15.5 Å². The molecule has 1 aromatic carbocycles. The van der Waals surface area contributed by atoms with Crippen molar-refractivity contribution in [2.24, 2.45) is 0 Å². The molecule has 0 spiro atoms. The van der Waals surface area contributed by atoms with Crippen LogP contribution in [-0.2, 0) is 22.7 Å². The first-order valence-corrected chi connectivity index (χ1v) is 12.1. The SMILES string of the molecule is COc1cc(NC(=O)c2nn(C3CCS(=O)(=O)C3)c3c2CCCC3)c(OC)cc1Cl. The molecule has 1 fully saturated rings. The molecule has 1 amide bonds. The topological polar surface area (TPSA) is 99.5 Å². The number of halogens is 1. The van der Waals surface area contributed by atoms with E-state index in [1.165, 1.54) is 14.2 Å². The molecule has 1 saturated heterocycles. The maximum absolute atomic E-state index is 13.2. The third kappa shape index (κ3) is 3.88. The van der Waals surface area contributed by atoms with Crippen molar-refractivity contribution in [2.75, 3.05) is 31.0 Å². The molecule has 1 aromatic heterocycles. The fraction of sp³-hybridized carbons (Fsp3) is 0.500. The largest absolute Gasteiger partial charge is 0.495 e. The summed E-state index contributed by atoms with van der Waals surface area (Å²) in [5, 5.41) is 7.82. The lowest BCUT2D eigenvalue weighted by Gasteiger charge is -2.17. The van der Waals surface area contributed by atoms with Crippen LogP contribution in [0, 0.1) is 0 Å². The van der Waals surface area contributed by atoms with Gasteiger partial charge in [0.2, 0.25) is 0 Å². The first-order chi connectivity index (χ1) is 14.3. The number of hydrogen-bond donors (Lipinski definition) is 1. The van der Waals surface area contributed by atoms with Crippen molar-refractivity contribution in [3.63, 3.8) is 0 Å². The van der Waals surface area contributed by atoms with Crippen LogP contribution in [0.5, 0.6) is 11.5 Å². The van der Waals surface area contributed by atoms with E-state index < -0.39 is 9.84 Å². The van der Waals surface area contributed by atoms with Crippen LogP contribution in [0.3, 0.4) is 0 Å². The third-order valence-electron chi connectivity index (χ3n) is 5.70. The Bertz CT molecular complexity index is 1100. The monoisotopic (exact) mass is 453 g/mol. The van der Waals surface area contributed by atoms with E-state index in [0.29, 0.717) is 34.3 Å². The highest BCUT2D eigenvalue weighted by Gasteiger charge is 2.34. The zero-order valence-corrected chi connectivity index (χ0v) is 18.5. The van der Waals surface area contributed by atoms with Crippen LogP contribution in [0.2, 0.25) is 5.02 Å². The summed E-state index contributed by atoms with van der Waals surface area (Å²) < 4.78 is 36.3. The van der Waals surface area contributed by atoms with Gasteiger partial charge in [-0.1, -0.05) is 11.6 Å². The normalized spacial score (nSPS) is 19.9. The van der Waals surface area contributed by atoms with Crippen molar-refractivity contribution < 1.29 is 22.7 Å². The standard InChI is InChI=1S/C20H24ClN3O5S/c1-28-17-10-15(18(29-2)9-14(17)21)22-20(25)19-13-5-3-4-6-16(13)24(23-19)12-7-8-30(26,27)11-12/h9-10,12H,3-8,11H2,1-2H3,(H,22,25). The van der Waals surface area contributed by atoms with Crippen molar-refractivity contribution in [2.45, 2.75) is 38.1 Å². The predicted octanol–water partition coefficient (Wildman–Crippen LogP) is 3.04. The average molecular weight is 454 g/mol. The molecule has 162 valence electrons. The van der Waals surface area contributed by atoms with Crippen LogP contribution in [0.15, 0.2) is 12.1 Å². The van der Waals surface area contributed by atoms with Gasteiger partial charge in [-0.2, -0.15) is 5.10 Å². The average Bonchev–Trinajstić information content (AvgIpc) is 3.28. The molecular weight excluding hydrogens is 430 g/mol. The van der Waals surface area contributed by atoms with Crippen molar-refractivity contribution in [3.8, 4) is 11.5 Å². The molecule has 2 aromatic rings. The van der Waals surface area contributed by atoms with Crippen LogP contribution in [0.1, 0.15) is 47.1 Å². The molecule has 0 bridgehead atoms. The quantitative estimate of drug-likeness (QED) is 0.746. The summed E-state index contributed by atoms with van der Waals surface area (Å²) in [4.78, 5) is 13.2. The Morgan fingerprint density at radius 3 is 2.60 bits per heavy atom. The van der Waals surface area contributed by atoms with E-state index in [-0.39, 0.29) is 23.5 Å². The molecule has 2 heterocycles. The summed E-state index contributed by atoms with van der Waals surface area (Å²) in [6.07, 6.45) is 4.05. The van der Waals surface area contributed by atoms with Crippen LogP contribution in [0.4, 0.5) is 5.69 Å². The van der Waals surface area contributed by atoms with Gasteiger partial charge in [0, 0.05) is 23.4 Å². The number of benzene rings is 1. The lowest BCUT2D eigenvalue weighted by molar-refractivity contribution is 0.102. The highest BCUT2D eigenvalue weighted by molar-refractivity contribution is 7.91. The maximum Gasteiger partial charge on any atom is 0.276 e. The Hall–Kier alpha value is -2.26. The molecule has 1 N–H and O–H groups in total. The smallest absolute Gasteiger partial charge is 0.276 e. The van der Waals surface area contributed by atoms with Gasteiger partial charge >= 0.3 is 0 Å². The molecule has 1 aliphatic heterocycles. The van der Waals surface area contributed by atoms with E-state index in [9.17, 15) is 13.2 Å². The van der Waals surface area contributed by atoms with Gasteiger partial charge in [0.1, 0.15) is 11.5 Å². The van der Waals surface area contributed by atoms with Crippen molar-refractivity contribution in [1.29, 1.82) is 0 Å². The first-order valence-electron chi connectivity index (χ1n) is 9.86. The molecular formula is C20H24ClN3O5S. The Balaban J connectivity index is 1.68. The van der Waals surface area contributed by atoms with Gasteiger partial charge in [-0.3, -0.25) is 9.48 Å². The minimum absolute atomic E-state index is 0.0738. The van der Waals surface area contributed by atoms with Gasteiger partial charge in [-0.25, -0.2) is 8.42 Å². The molecule has 1 atom stereocenters. The summed E-state index contributed by atoms with van der Waals surface area (Å²) in [5.41, 5.74) is 2.65. The molecule has 8 nitrogen and oxygen atoms in total. The molecule has 10 heteroatoms. The maximum atomic E-state index is 13.2. The Morgan fingerprint density at radius 2 is 1.93 bits per heavy atom. The second-order valence-electron chi connectivity index (χ2n) is 7.62. The van der Waals surface area contributed by atoms with E-state index in [1.54, 1.807) is 16.8 Å². The number of nitrogens with zero attached hydrogens (tertiary/aromatic N) is 2. The minimum Gasteiger partial charge on any atom is -0.495 e. The number of nitrogens with one attached hydrogen (secondary N) is 1. The summed E-state index contributed by atoms with van der Waals surface area (Å²) in [6, 6.07) is 2.97. The second-order valence-corrected chi connectivity index (χ2v) is 10.3. The molecule has 1 unspecified atom stereocenters. The zero-order chi connectivity index (χ0) is 21.5. The number of fused-ring (bicyclic) bond motifs is 1. The van der Waals surface area contributed by atoms with E-state index in [2.05, 4.69) is 10.4 Å². The second kappa shape index (κ2) is 8.11. The van der Waals surface area contributed by atoms with Crippen LogP contribution >= 0.6 is 11.6 Å². The Labute approximate surface area is 180 Å². The highest BCUT2D eigenvalue weighted by atomic mass is 35.5. The third-order valence-corrected chi connectivity index (χ3v) is 7.75. The van der Waals surface area contributed by atoms with Gasteiger partial charge in [-0.05, 0) is 32.1 Å². The van der Waals surface area contributed by atoms with E-state index in [1.807, 2.05) is 0 Å². The molecule has 0 radical (unpaired) electrons. The molecule has 0 saturated carbocycles. The fourth-order valence-corrected chi connectivity index (χ4v) is 6.14. The first kappa shape index (κ1) is 21.0. The number of amides is 1. The minimum atomic E-state index is -3.05. The number of hydrogen-bond acceptors (Lipinski definition) is 6. The molecule has 2 aliphatic rings. The molecule has 30 heavy (non-hydrogen) atoms. The van der Waals surface area contributed by atoms with Crippen LogP contribution in [0.25, 0.3) is 0 Å². The Morgan fingerprint density at radius 1 is 1.20 bits per heavy atom. The number of methoxy groups -OCH3 is 2. The number of anilines is 1. The van der Waals surface area contributed by atoms with Gasteiger partial charge < -0.3 is 14.8 Å². The zero-order valence-electron chi connectivity index (χ0n) is 16.9. The lowest BCUT2D eigenvalue weighted by Crippen LogP contribution is -2.17. The van der Waals surface area contributed by atoms with Crippen molar-refractivity contribution >= 4 is 33.0 Å². The van der Waals surface area contributed by atoms with Gasteiger partial charge in [0.05, 0.1) is 42.5 Å². The number of aromatic nitrogens is 2. The van der Waals surface area contributed by atoms with Gasteiger partial charge in [-0.15, -0.1) is 0 Å². The number of ether oxygens (including phenoxy) is 2. The number of carbonyl (C=O) groups is 1. The number of sulfone groups is 1. The number of rotatable bonds is 5. The molecule has 4 rings (SSSR count). The van der Waals surface area contributed by atoms with E-state index >= 15 is 0 Å². The van der Waals surface area contributed by atoms with Crippen molar-refractivity contribution in [1.82, 2.24) is 9.78 Å². The molecule has 1 aliphatic carbocycles. The fourth-order valence-electron chi connectivity index (χ4n) is 4.22. The predicted molar refractivity (Wildman–Crippen MR) is 114 cm³/mol. The van der Waals surface area contributed by atoms with E-state index in [4.69, 9.17) is 21.1 Å². The summed E-state index contributed by atoms with van der Waals surface area (Å²) >= 11 is 6.15. The number of carbonyl (C=O) groups excluding carboxylic acids is 1.